The predicted molar refractivity (Wildman–Crippen MR) is 149 cm³/mol. The average molecular weight is 465 g/mol. The van der Waals surface area contributed by atoms with E-state index in [4.69, 9.17) is 0 Å². The van der Waals surface area contributed by atoms with Gasteiger partial charge in [-0.15, -0.1) is 0 Å². The van der Waals surface area contributed by atoms with Crippen molar-refractivity contribution in [1.82, 2.24) is 0 Å². The highest BCUT2D eigenvalue weighted by molar-refractivity contribution is 5.26. The van der Waals surface area contributed by atoms with Crippen molar-refractivity contribution in [2.24, 2.45) is 29.6 Å². The number of hydrogen-bond acceptors (Lipinski definition) is 0. The van der Waals surface area contributed by atoms with Gasteiger partial charge in [-0.2, -0.15) is 0 Å². The zero-order valence-electron chi connectivity index (χ0n) is 22.9. The summed E-state index contributed by atoms with van der Waals surface area (Å²) in [6.45, 7) is 4.69. The van der Waals surface area contributed by atoms with Gasteiger partial charge in [0.15, 0.2) is 0 Å². The molecule has 0 spiro atoms. The smallest absolute Gasteiger partial charge is 0.0162 e. The van der Waals surface area contributed by atoms with Gasteiger partial charge in [-0.25, -0.2) is 0 Å². The van der Waals surface area contributed by atoms with Gasteiger partial charge in [0.05, 0.1) is 0 Å². The van der Waals surface area contributed by atoms with E-state index in [0.29, 0.717) is 0 Å². The van der Waals surface area contributed by atoms with Gasteiger partial charge in [0.1, 0.15) is 0 Å². The normalized spacial score (nSPS) is 32.5. The molecule has 0 aliphatic heterocycles. The molecular weight excluding hydrogens is 408 g/mol. The van der Waals surface area contributed by atoms with E-state index < -0.39 is 0 Å². The Hall–Kier alpha value is -0.780. The van der Waals surface area contributed by atoms with Crippen LogP contribution in [0.5, 0.6) is 0 Å². The van der Waals surface area contributed by atoms with Gasteiger partial charge < -0.3 is 0 Å². The zero-order chi connectivity index (χ0) is 23.6. The predicted octanol–water partition coefficient (Wildman–Crippen LogP) is 10.9. The van der Waals surface area contributed by atoms with Crippen molar-refractivity contribution in [2.45, 2.75) is 148 Å². The van der Waals surface area contributed by atoms with Crippen LogP contribution in [0.15, 0.2) is 24.3 Å². The van der Waals surface area contributed by atoms with Crippen LogP contribution >= 0.6 is 0 Å². The standard InChI is InChI=1S/C34H56/c1-3-5-6-8-28-13-21-32(22-14-28)34-25-17-30(18-26-34)10-9-29-15-23-33(24-16-29)31-19-11-27(7-4-2)12-20-31/h17-18,25-29,31-33H,3-16,19-24H2,1-2H3. The molecule has 3 saturated carbocycles. The number of benzene rings is 1. The minimum Gasteiger partial charge on any atom is -0.0654 e. The Kier molecular flexibility index (Phi) is 10.9. The van der Waals surface area contributed by atoms with E-state index in [0.717, 1.165) is 35.5 Å². The number of rotatable bonds is 11. The Balaban J connectivity index is 1.12. The summed E-state index contributed by atoms with van der Waals surface area (Å²) in [7, 11) is 0. The molecular formula is C34H56. The van der Waals surface area contributed by atoms with Gasteiger partial charge in [0, 0.05) is 0 Å². The lowest BCUT2D eigenvalue weighted by molar-refractivity contribution is 0.141. The van der Waals surface area contributed by atoms with E-state index in [1.165, 1.54) is 116 Å². The van der Waals surface area contributed by atoms with Gasteiger partial charge in [-0.1, -0.05) is 102 Å². The van der Waals surface area contributed by atoms with Gasteiger partial charge in [-0.05, 0) is 111 Å². The van der Waals surface area contributed by atoms with Crippen LogP contribution in [0.25, 0.3) is 0 Å². The molecule has 0 radical (unpaired) electrons. The molecule has 0 unspecified atom stereocenters. The van der Waals surface area contributed by atoms with Gasteiger partial charge in [-0.3, -0.25) is 0 Å². The Morgan fingerprint density at radius 1 is 0.529 bits per heavy atom. The van der Waals surface area contributed by atoms with Crippen molar-refractivity contribution in [3.05, 3.63) is 35.4 Å². The maximum Gasteiger partial charge on any atom is -0.0162 e. The third-order valence-electron chi connectivity index (χ3n) is 10.5. The number of hydrogen-bond donors (Lipinski definition) is 0. The Morgan fingerprint density at radius 2 is 1.06 bits per heavy atom. The Morgan fingerprint density at radius 3 is 1.62 bits per heavy atom. The van der Waals surface area contributed by atoms with E-state index in [2.05, 4.69) is 38.1 Å². The van der Waals surface area contributed by atoms with E-state index in [1.54, 1.807) is 24.0 Å². The largest absolute Gasteiger partial charge is 0.0654 e. The molecule has 1 aromatic carbocycles. The molecule has 0 amide bonds. The highest BCUT2D eigenvalue weighted by atomic mass is 14.4. The van der Waals surface area contributed by atoms with Crippen LogP contribution in [0, 0.1) is 29.6 Å². The average Bonchev–Trinajstić information content (AvgIpc) is 2.89. The van der Waals surface area contributed by atoms with E-state index in [-0.39, 0.29) is 0 Å². The SMILES string of the molecule is CCCCCC1CCC(c2ccc(CCC3CCC(C4CCC(CCC)CC4)CC3)cc2)CC1. The third-order valence-corrected chi connectivity index (χ3v) is 10.5. The summed E-state index contributed by atoms with van der Waals surface area (Å²) in [4.78, 5) is 0. The molecule has 1 aromatic rings. The highest BCUT2D eigenvalue weighted by Crippen LogP contribution is 2.43. The van der Waals surface area contributed by atoms with Crippen LogP contribution in [0.2, 0.25) is 0 Å². The molecule has 3 fully saturated rings. The molecule has 4 rings (SSSR count). The number of unbranched alkanes of at least 4 members (excludes halogenated alkanes) is 2. The summed E-state index contributed by atoms with van der Waals surface area (Å²) in [5.41, 5.74) is 3.22. The first-order valence-electron chi connectivity index (χ1n) is 15.8. The zero-order valence-corrected chi connectivity index (χ0v) is 22.9. The van der Waals surface area contributed by atoms with Crippen molar-refractivity contribution >= 4 is 0 Å². The molecule has 192 valence electrons. The van der Waals surface area contributed by atoms with E-state index in [1.807, 2.05) is 0 Å². The lowest BCUT2D eigenvalue weighted by Gasteiger charge is -2.38. The fourth-order valence-electron chi connectivity index (χ4n) is 8.10. The molecule has 0 bridgehead atoms. The summed E-state index contributed by atoms with van der Waals surface area (Å²) in [6.07, 6.45) is 29.4. The molecule has 3 aliphatic rings. The minimum atomic E-state index is 0.837. The second-order valence-electron chi connectivity index (χ2n) is 12.8. The van der Waals surface area contributed by atoms with E-state index in [9.17, 15) is 0 Å². The fourth-order valence-corrected chi connectivity index (χ4v) is 8.10. The minimum absolute atomic E-state index is 0.837. The molecule has 0 heterocycles. The third kappa shape index (κ3) is 7.86. The first-order valence-corrected chi connectivity index (χ1v) is 15.8. The van der Waals surface area contributed by atoms with Crippen LogP contribution < -0.4 is 0 Å². The van der Waals surface area contributed by atoms with E-state index >= 15 is 0 Å². The maximum atomic E-state index is 2.49. The van der Waals surface area contributed by atoms with Gasteiger partial charge in [0.25, 0.3) is 0 Å². The van der Waals surface area contributed by atoms with Crippen LogP contribution in [-0.4, -0.2) is 0 Å². The number of aryl methyl sites for hydroxylation is 1. The second kappa shape index (κ2) is 14.1. The molecule has 0 N–H and O–H groups in total. The molecule has 0 saturated heterocycles. The molecule has 3 aliphatic carbocycles. The van der Waals surface area contributed by atoms with Crippen molar-refractivity contribution in [3.8, 4) is 0 Å². The lowest BCUT2D eigenvalue weighted by atomic mass is 9.68. The van der Waals surface area contributed by atoms with Crippen LogP contribution in [0.3, 0.4) is 0 Å². The first kappa shape index (κ1) is 26.3. The Labute approximate surface area is 213 Å². The van der Waals surface area contributed by atoms with Crippen molar-refractivity contribution < 1.29 is 0 Å². The fraction of sp³-hybridized carbons (Fsp3) is 0.824. The summed E-state index contributed by atoms with van der Waals surface area (Å²) in [6, 6.07) is 9.93. The second-order valence-corrected chi connectivity index (χ2v) is 12.8. The van der Waals surface area contributed by atoms with Crippen molar-refractivity contribution in [3.63, 3.8) is 0 Å². The molecule has 34 heavy (non-hydrogen) atoms. The van der Waals surface area contributed by atoms with Crippen LogP contribution in [0.4, 0.5) is 0 Å². The topological polar surface area (TPSA) is 0 Å². The first-order chi connectivity index (χ1) is 16.7. The van der Waals surface area contributed by atoms with Crippen molar-refractivity contribution in [1.29, 1.82) is 0 Å². The van der Waals surface area contributed by atoms with Crippen molar-refractivity contribution in [2.75, 3.05) is 0 Å². The molecule has 0 aromatic heterocycles. The monoisotopic (exact) mass is 464 g/mol. The van der Waals surface area contributed by atoms with Gasteiger partial charge in [0.2, 0.25) is 0 Å². The lowest BCUT2D eigenvalue weighted by Crippen LogP contribution is -2.26. The molecule has 0 atom stereocenters. The summed E-state index contributed by atoms with van der Waals surface area (Å²) < 4.78 is 0. The summed E-state index contributed by atoms with van der Waals surface area (Å²) in [5, 5.41) is 0. The molecule has 0 nitrogen and oxygen atoms in total. The quantitative estimate of drug-likeness (QED) is 0.286. The van der Waals surface area contributed by atoms with Gasteiger partial charge >= 0.3 is 0 Å². The summed E-state index contributed by atoms with van der Waals surface area (Å²) in [5.74, 6) is 6.06. The Bertz CT molecular complexity index is 648. The summed E-state index contributed by atoms with van der Waals surface area (Å²) >= 11 is 0. The maximum absolute atomic E-state index is 2.49. The molecule has 0 heteroatoms. The van der Waals surface area contributed by atoms with Crippen LogP contribution in [0.1, 0.15) is 153 Å². The highest BCUT2D eigenvalue weighted by Gasteiger charge is 2.30. The van der Waals surface area contributed by atoms with Crippen LogP contribution in [-0.2, 0) is 6.42 Å².